The molecular formula is C16H19FN2O2. The predicted molar refractivity (Wildman–Crippen MR) is 79.4 cm³/mol. The average Bonchev–Trinajstić information content (AvgIpc) is 2.47. The Balaban J connectivity index is 1.99. The number of hydrogen-bond acceptors (Lipinski definition) is 2. The first-order valence-corrected chi connectivity index (χ1v) is 7.05. The summed E-state index contributed by atoms with van der Waals surface area (Å²) in [6, 6.07) is 4.14. The Hall–Kier alpha value is -2.06. The molecule has 2 rings (SSSR count). The fourth-order valence-corrected chi connectivity index (χ4v) is 2.24. The van der Waals surface area contributed by atoms with Crippen molar-refractivity contribution in [3.8, 4) is 11.8 Å². The maximum Gasteiger partial charge on any atom is 0.321 e. The normalized spacial score (nSPS) is 15.3. The van der Waals surface area contributed by atoms with Crippen LogP contribution in [0.15, 0.2) is 18.2 Å². The summed E-state index contributed by atoms with van der Waals surface area (Å²) in [5, 5.41) is 11.3. The summed E-state index contributed by atoms with van der Waals surface area (Å²) in [5.74, 6) is 5.04. The third-order valence-corrected chi connectivity index (χ3v) is 3.59. The number of aliphatic hydroxyl groups excluding tert-OH is 1. The molecule has 0 radical (unpaired) electrons. The molecule has 1 saturated heterocycles. The van der Waals surface area contributed by atoms with Crippen molar-refractivity contribution in [1.29, 1.82) is 0 Å². The summed E-state index contributed by atoms with van der Waals surface area (Å²) in [4.78, 5) is 13.8. The van der Waals surface area contributed by atoms with Crippen LogP contribution in [0.3, 0.4) is 0 Å². The van der Waals surface area contributed by atoms with Crippen molar-refractivity contribution in [1.82, 2.24) is 4.90 Å². The first kappa shape index (κ1) is 15.3. The number of rotatable bonds is 1. The van der Waals surface area contributed by atoms with Crippen molar-refractivity contribution in [2.45, 2.75) is 19.8 Å². The zero-order chi connectivity index (χ0) is 15.2. The standard InChI is InChI=1S/C16H19FN2O2/c1-12-6-8-19(9-7-12)16(21)18-14-5-4-13(3-2-10-20)15(17)11-14/h4-5,11-12,20H,6-10H2,1H3,(H,18,21). The highest BCUT2D eigenvalue weighted by molar-refractivity contribution is 5.89. The molecule has 0 unspecified atom stereocenters. The van der Waals surface area contributed by atoms with Crippen LogP contribution in [0.4, 0.5) is 14.9 Å². The molecule has 1 aromatic carbocycles. The van der Waals surface area contributed by atoms with Gasteiger partial charge in [0.25, 0.3) is 0 Å². The zero-order valence-corrected chi connectivity index (χ0v) is 12.0. The minimum absolute atomic E-state index is 0.199. The van der Waals surface area contributed by atoms with Crippen LogP contribution in [0, 0.1) is 23.6 Å². The number of piperidine rings is 1. The Bertz CT molecular complexity index is 569. The van der Waals surface area contributed by atoms with Crippen molar-refractivity contribution < 1.29 is 14.3 Å². The van der Waals surface area contributed by atoms with Gasteiger partial charge in [0, 0.05) is 18.8 Å². The second-order valence-corrected chi connectivity index (χ2v) is 5.25. The van der Waals surface area contributed by atoms with Gasteiger partial charge in [-0.1, -0.05) is 18.8 Å². The van der Waals surface area contributed by atoms with Crippen LogP contribution in [0.1, 0.15) is 25.3 Å². The van der Waals surface area contributed by atoms with E-state index < -0.39 is 5.82 Å². The smallest absolute Gasteiger partial charge is 0.321 e. The van der Waals surface area contributed by atoms with Crippen LogP contribution in [0.5, 0.6) is 0 Å². The molecule has 0 bridgehead atoms. The lowest BCUT2D eigenvalue weighted by Crippen LogP contribution is -2.40. The molecule has 4 nitrogen and oxygen atoms in total. The summed E-state index contributed by atoms with van der Waals surface area (Å²) in [6.07, 6.45) is 1.99. The van der Waals surface area contributed by atoms with E-state index in [1.54, 1.807) is 11.0 Å². The highest BCUT2D eigenvalue weighted by Gasteiger charge is 2.20. The summed E-state index contributed by atoms with van der Waals surface area (Å²) in [6.45, 7) is 3.33. The molecule has 112 valence electrons. The quantitative estimate of drug-likeness (QED) is 0.781. The number of hydrogen-bond donors (Lipinski definition) is 2. The van der Waals surface area contributed by atoms with Crippen molar-refractivity contribution in [3.63, 3.8) is 0 Å². The molecule has 1 aliphatic heterocycles. The minimum Gasteiger partial charge on any atom is -0.384 e. The fraction of sp³-hybridized carbons (Fsp3) is 0.438. The second-order valence-electron chi connectivity index (χ2n) is 5.25. The molecule has 0 aliphatic carbocycles. The van der Waals surface area contributed by atoms with Gasteiger partial charge < -0.3 is 15.3 Å². The largest absolute Gasteiger partial charge is 0.384 e. The van der Waals surface area contributed by atoms with Gasteiger partial charge >= 0.3 is 6.03 Å². The third-order valence-electron chi connectivity index (χ3n) is 3.59. The molecule has 0 saturated carbocycles. The lowest BCUT2D eigenvalue weighted by molar-refractivity contribution is 0.186. The van der Waals surface area contributed by atoms with Crippen molar-refractivity contribution in [2.24, 2.45) is 5.92 Å². The number of anilines is 1. The molecule has 1 aromatic rings. The Morgan fingerprint density at radius 3 is 2.81 bits per heavy atom. The molecule has 1 heterocycles. The number of amides is 2. The molecule has 21 heavy (non-hydrogen) atoms. The number of carbonyl (C=O) groups is 1. The van der Waals surface area contributed by atoms with E-state index in [0.717, 1.165) is 25.9 Å². The van der Waals surface area contributed by atoms with Gasteiger partial charge in [0.15, 0.2) is 0 Å². The summed E-state index contributed by atoms with van der Waals surface area (Å²) in [5.41, 5.74) is 0.611. The third kappa shape index (κ3) is 4.20. The van der Waals surface area contributed by atoms with Gasteiger partial charge in [0.2, 0.25) is 0 Å². The Morgan fingerprint density at radius 2 is 2.19 bits per heavy atom. The molecule has 2 amide bonds. The van der Waals surface area contributed by atoms with Gasteiger partial charge in [0.1, 0.15) is 12.4 Å². The molecule has 0 atom stereocenters. The van der Waals surface area contributed by atoms with E-state index in [0.29, 0.717) is 11.6 Å². The molecule has 2 N–H and O–H groups in total. The van der Waals surface area contributed by atoms with E-state index >= 15 is 0 Å². The first-order chi connectivity index (χ1) is 10.1. The van der Waals surface area contributed by atoms with Crippen LogP contribution in [-0.4, -0.2) is 35.7 Å². The monoisotopic (exact) mass is 290 g/mol. The number of benzene rings is 1. The van der Waals surface area contributed by atoms with Crippen LogP contribution >= 0.6 is 0 Å². The first-order valence-electron chi connectivity index (χ1n) is 7.05. The van der Waals surface area contributed by atoms with E-state index in [4.69, 9.17) is 5.11 Å². The van der Waals surface area contributed by atoms with Crippen LogP contribution in [0.2, 0.25) is 0 Å². The number of urea groups is 1. The molecule has 0 aromatic heterocycles. The lowest BCUT2D eigenvalue weighted by atomic mass is 10.00. The Kier molecular flexibility index (Phi) is 5.18. The maximum atomic E-state index is 13.8. The zero-order valence-electron chi connectivity index (χ0n) is 12.0. The van der Waals surface area contributed by atoms with E-state index in [1.165, 1.54) is 12.1 Å². The minimum atomic E-state index is -0.513. The molecule has 0 spiro atoms. The predicted octanol–water partition coefficient (Wildman–Crippen LogP) is 2.43. The summed E-state index contributed by atoms with van der Waals surface area (Å²) in [7, 11) is 0. The average molecular weight is 290 g/mol. The fourth-order valence-electron chi connectivity index (χ4n) is 2.24. The highest BCUT2D eigenvalue weighted by atomic mass is 19.1. The molecule has 1 fully saturated rings. The molecule has 5 heteroatoms. The van der Waals surface area contributed by atoms with Gasteiger partial charge in [-0.15, -0.1) is 0 Å². The summed E-state index contributed by atoms with van der Waals surface area (Å²) < 4.78 is 13.8. The SMILES string of the molecule is CC1CCN(C(=O)Nc2ccc(C#CCO)c(F)c2)CC1. The van der Waals surface area contributed by atoms with Crippen molar-refractivity contribution in [2.75, 3.05) is 25.0 Å². The van der Waals surface area contributed by atoms with Crippen molar-refractivity contribution in [3.05, 3.63) is 29.6 Å². The molecule has 1 aliphatic rings. The number of nitrogens with one attached hydrogen (secondary N) is 1. The highest BCUT2D eigenvalue weighted by Crippen LogP contribution is 2.18. The summed E-state index contributed by atoms with van der Waals surface area (Å²) >= 11 is 0. The van der Waals surface area contributed by atoms with Crippen molar-refractivity contribution >= 4 is 11.7 Å². The van der Waals surface area contributed by atoms with Crippen LogP contribution in [-0.2, 0) is 0 Å². The number of nitrogens with zero attached hydrogens (tertiary/aromatic N) is 1. The number of likely N-dealkylation sites (tertiary alicyclic amines) is 1. The number of carbonyl (C=O) groups excluding carboxylic acids is 1. The van der Waals surface area contributed by atoms with E-state index in [-0.39, 0.29) is 18.2 Å². The van der Waals surface area contributed by atoms with E-state index in [1.807, 2.05) is 0 Å². The number of halogens is 1. The Morgan fingerprint density at radius 1 is 1.48 bits per heavy atom. The number of aliphatic hydroxyl groups is 1. The lowest BCUT2D eigenvalue weighted by Gasteiger charge is -2.30. The van der Waals surface area contributed by atoms with Crippen LogP contribution in [0.25, 0.3) is 0 Å². The van der Waals surface area contributed by atoms with Gasteiger partial charge in [-0.3, -0.25) is 0 Å². The topological polar surface area (TPSA) is 52.6 Å². The molecular weight excluding hydrogens is 271 g/mol. The van der Waals surface area contributed by atoms with Gasteiger partial charge in [-0.2, -0.15) is 0 Å². The van der Waals surface area contributed by atoms with Gasteiger partial charge in [-0.05, 0) is 37.0 Å². The van der Waals surface area contributed by atoms with Crippen LogP contribution < -0.4 is 5.32 Å². The Labute approximate surface area is 124 Å². The van der Waals surface area contributed by atoms with E-state index in [2.05, 4.69) is 24.1 Å². The van der Waals surface area contributed by atoms with E-state index in [9.17, 15) is 9.18 Å². The van der Waals surface area contributed by atoms with Gasteiger partial charge in [-0.25, -0.2) is 9.18 Å². The second kappa shape index (κ2) is 7.09. The maximum absolute atomic E-state index is 13.8. The van der Waals surface area contributed by atoms with Gasteiger partial charge in [0.05, 0.1) is 5.56 Å².